The Morgan fingerprint density at radius 2 is 1.92 bits per heavy atom. The molecule has 0 saturated heterocycles. The molecular weight excluding hydrogens is 150 g/mol. The van der Waals surface area contributed by atoms with Crippen LogP contribution < -0.4 is 5.73 Å². The third-order valence-electron chi connectivity index (χ3n) is 2.25. The Balaban J connectivity index is 3.61. The van der Waals surface area contributed by atoms with Crippen molar-refractivity contribution >= 4 is 0 Å². The third-order valence-corrected chi connectivity index (χ3v) is 2.25. The summed E-state index contributed by atoms with van der Waals surface area (Å²) in [6, 6.07) is 0.590. The van der Waals surface area contributed by atoms with Crippen LogP contribution in [0.1, 0.15) is 13.3 Å². The lowest BCUT2D eigenvalue weighted by Crippen LogP contribution is -2.31. The van der Waals surface area contributed by atoms with Crippen LogP contribution in [0.3, 0.4) is 0 Å². The van der Waals surface area contributed by atoms with E-state index in [0.717, 1.165) is 13.0 Å². The number of hydrogen-bond acceptors (Lipinski definition) is 3. The number of rotatable bonds is 5. The summed E-state index contributed by atoms with van der Waals surface area (Å²) in [5.74, 6) is 0.640. The van der Waals surface area contributed by atoms with Crippen molar-refractivity contribution in [3.05, 3.63) is 12.4 Å². The number of nitrogens with zero attached hydrogens (tertiary/aromatic N) is 2. The van der Waals surface area contributed by atoms with Gasteiger partial charge in [0.05, 0.1) is 5.82 Å². The Hall–Kier alpha value is -0.700. The van der Waals surface area contributed by atoms with Gasteiger partial charge in [-0.25, -0.2) is 0 Å². The van der Waals surface area contributed by atoms with Gasteiger partial charge in [-0.3, -0.25) is 0 Å². The average Bonchev–Trinajstić information content (AvgIpc) is 1.98. The van der Waals surface area contributed by atoms with E-state index in [0.29, 0.717) is 11.9 Å². The highest BCUT2D eigenvalue weighted by molar-refractivity contribution is 4.84. The van der Waals surface area contributed by atoms with Crippen LogP contribution in [0.4, 0.5) is 0 Å². The van der Waals surface area contributed by atoms with Crippen LogP contribution in [-0.4, -0.2) is 43.5 Å². The predicted molar refractivity (Wildman–Crippen MR) is 53.7 cm³/mol. The fourth-order valence-electron chi connectivity index (χ4n) is 0.782. The van der Waals surface area contributed by atoms with E-state index >= 15 is 0 Å². The summed E-state index contributed by atoms with van der Waals surface area (Å²) in [6.45, 7) is 6.84. The quantitative estimate of drug-likeness (QED) is 0.660. The molecule has 72 valence electrons. The molecule has 0 fully saturated rings. The Bertz CT molecular complexity index is 143. The minimum atomic E-state index is 0.590. The molecule has 0 heterocycles. The first kappa shape index (κ1) is 11.3. The molecule has 0 aliphatic rings. The minimum absolute atomic E-state index is 0.590. The summed E-state index contributed by atoms with van der Waals surface area (Å²) in [5, 5.41) is 0. The molecule has 12 heavy (non-hydrogen) atoms. The monoisotopic (exact) mass is 171 g/mol. The van der Waals surface area contributed by atoms with Crippen LogP contribution in [0.5, 0.6) is 0 Å². The van der Waals surface area contributed by atoms with Gasteiger partial charge in [0.1, 0.15) is 0 Å². The van der Waals surface area contributed by atoms with Gasteiger partial charge in [0, 0.05) is 19.6 Å². The molecule has 0 bridgehead atoms. The molecule has 0 rings (SSSR count). The number of nitrogens with two attached hydrogens (primary N) is 1. The highest BCUT2D eigenvalue weighted by atomic mass is 15.2. The van der Waals surface area contributed by atoms with Gasteiger partial charge in [-0.1, -0.05) is 6.58 Å². The Morgan fingerprint density at radius 1 is 1.42 bits per heavy atom. The Kier molecular flexibility index (Phi) is 4.74. The Labute approximate surface area is 75.8 Å². The predicted octanol–water partition coefficient (Wildman–Crippen LogP) is 0.688. The molecule has 2 N–H and O–H groups in total. The van der Waals surface area contributed by atoms with Crippen molar-refractivity contribution in [3.8, 4) is 0 Å². The fourth-order valence-corrected chi connectivity index (χ4v) is 0.782. The second-order valence-corrected chi connectivity index (χ2v) is 3.51. The van der Waals surface area contributed by atoms with E-state index in [1.165, 1.54) is 0 Å². The lowest BCUT2D eigenvalue weighted by Gasteiger charge is -2.24. The van der Waals surface area contributed by atoms with E-state index in [-0.39, 0.29) is 0 Å². The van der Waals surface area contributed by atoms with Crippen LogP contribution in [0.2, 0.25) is 0 Å². The fraction of sp³-hybridized carbons (Fsp3) is 0.778. The lowest BCUT2D eigenvalue weighted by molar-refractivity contribution is 0.269. The largest absolute Gasteiger partial charge is 0.386 e. The molecule has 0 aromatic heterocycles. The molecule has 0 aromatic carbocycles. The molecule has 3 heteroatoms. The molecule has 0 aliphatic heterocycles. The molecular formula is C9H21N3. The molecule has 3 nitrogen and oxygen atoms in total. The van der Waals surface area contributed by atoms with Gasteiger partial charge in [-0.05, 0) is 27.4 Å². The van der Waals surface area contributed by atoms with Crippen molar-refractivity contribution in [2.45, 2.75) is 19.4 Å². The summed E-state index contributed by atoms with van der Waals surface area (Å²) in [6.07, 6.45) is 1.11. The lowest BCUT2D eigenvalue weighted by atomic mass is 10.2. The maximum atomic E-state index is 5.52. The van der Waals surface area contributed by atoms with Gasteiger partial charge in [-0.15, -0.1) is 0 Å². The topological polar surface area (TPSA) is 32.5 Å². The standard InChI is InChI=1S/C9H21N3/c1-8(11(3)4)6-7-12(5)9(2)10/h8H,2,6-7,10H2,1,3-5H3. The van der Waals surface area contributed by atoms with Crippen LogP contribution in [0, 0.1) is 0 Å². The summed E-state index contributed by atoms with van der Waals surface area (Å²) in [7, 11) is 6.13. The van der Waals surface area contributed by atoms with Gasteiger partial charge < -0.3 is 15.5 Å². The van der Waals surface area contributed by atoms with Crippen molar-refractivity contribution in [2.24, 2.45) is 5.73 Å². The van der Waals surface area contributed by atoms with Gasteiger partial charge in [0.2, 0.25) is 0 Å². The molecule has 0 radical (unpaired) electrons. The normalized spacial score (nSPS) is 13.1. The SMILES string of the molecule is C=C(N)N(C)CCC(C)N(C)C. The second-order valence-electron chi connectivity index (χ2n) is 3.51. The zero-order chi connectivity index (χ0) is 9.72. The summed E-state index contributed by atoms with van der Waals surface area (Å²) >= 11 is 0. The van der Waals surface area contributed by atoms with Crippen molar-refractivity contribution in [1.82, 2.24) is 9.80 Å². The molecule has 0 aliphatic carbocycles. The molecule has 0 spiro atoms. The molecule has 0 saturated carbocycles. The molecule has 0 amide bonds. The zero-order valence-electron chi connectivity index (χ0n) is 8.67. The van der Waals surface area contributed by atoms with Crippen molar-refractivity contribution < 1.29 is 0 Å². The van der Waals surface area contributed by atoms with E-state index in [1.807, 2.05) is 11.9 Å². The molecule has 1 unspecified atom stereocenters. The maximum absolute atomic E-state index is 5.52. The molecule has 1 atom stereocenters. The van der Waals surface area contributed by atoms with Gasteiger partial charge >= 0.3 is 0 Å². The summed E-state index contributed by atoms with van der Waals surface area (Å²) < 4.78 is 0. The first-order valence-electron chi connectivity index (χ1n) is 4.27. The third kappa shape index (κ3) is 4.23. The van der Waals surface area contributed by atoms with Crippen molar-refractivity contribution in [1.29, 1.82) is 0 Å². The van der Waals surface area contributed by atoms with E-state index < -0.39 is 0 Å². The van der Waals surface area contributed by atoms with E-state index in [2.05, 4.69) is 32.5 Å². The highest BCUT2D eigenvalue weighted by Gasteiger charge is 2.05. The van der Waals surface area contributed by atoms with Gasteiger partial charge in [-0.2, -0.15) is 0 Å². The van der Waals surface area contributed by atoms with Gasteiger partial charge in [0.25, 0.3) is 0 Å². The Morgan fingerprint density at radius 3 is 2.25 bits per heavy atom. The number of hydrogen-bond donors (Lipinski definition) is 1. The zero-order valence-corrected chi connectivity index (χ0v) is 8.67. The van der Waals surface area contributed by atoms with Crippen LogP contribution in [0.15, 0.2) is 12.4 Å². The minimum Gasteiger partial charge on any atom is -0.386 e. The first-order valence-corrected chi connectivity index (χ1v) is 4.27. The van der Waals surface area contributed by atoms with E-state index in [4.69, 9.17) is 5.73 Å². The first-order chi connectivity index (χ1) is 5.45. The molecule has 0 aromatic rings. The van der Waals surface area contributed by atoms with E-state index in [1.54, 1.807) is 0 Å². The summed E-state index contributed by atoms with van der Waals surface area (Å²) in [4.78, 5) is 4.17. The van der Waals surface area contributed by atoms with Crippen LogP contribution in [-0.2, 0) is 0 Å². The van der Waals surface area contributed by atoms with E-state index in [9.17, 15) is 0 Å². The summed E-state index contributed by atoms with van der Waals surface area (Å²) in [5.41, 5.74) is 5.52. The van der Waals surface area contributed by atoms with Gasteiger partial charge in [0.15, 0.2) is 0 Å². The maximum Gasteiger partial charge on any atom is 0.0909 e. The van der Waals surface area contributed by atoms with Crippen LogP contribution >= 0.6 is 0 Å². The highest BCUT2D eigenvalue weighted by Crippen LogP contribution is 2.00. The van der Waals surface area contributed by atoms with Crippen molar-refractivity contribution in [3.63, 3.8) is 0 Å². The average molecular weight is 171 g/mol. The smallest absolute Gasteiger partial charge is 0.0909 e. The van der Waals surface area contributed by atoms with Crippen molar-refractivity contribution in [2.75, 3.05) is 27.7 Å². The second kappa shape index (κ2) is 5.04. The van der Waals surface area contributed by atoms with Crippen LogP contribution in [0.25, 0.3) is 0 Å².